The van der Waals surface area contributed by atoms with E-state index >= 15 is 0 Å². The first-order chi connectivity index (χ1) is 8.18. The lowest BCUT2D eigenvalue weighted by Gasteiger charge is -2.26. The fourth-order valence-corrected chi connectivity index (χ4v) is 2.40. The van der Waals surface area contributed by atoms with Gasteiger partial charge >= 0.3 is 0 Å². The Morgan fingerprint density at radius 3 is 2.88 bits per heavy atom. The maximum Gasteiger partial charge on any atom is 0.0948 e. The molecule has 1 aromatic rings. The number of aromatic nitrogens is 2. The van der Waals surface area contributed by atoms with Crippen LogP contribution in [0.15, 0.2) is 12.5 Å². The molecule has 1 aromatic heterocycles. The number of imidazole rings is 1. The summed E-state index contributed by atoms with van der Waals surface area (Å²) >= 11 is 0. The Kier molecular flexibility index (Phi) is 4.21. The molecule has 2 unspecified atom stereocenters. The average molecular weight is 235 g/mol. The van der Waals surface area contributed by atoms with E-state index in [4.69, 9.17) is 0 Å². The fraction of sp³-hybridized carbons (Fsp3) is 0.786. The summed E-state index contributed by atoms with van der Waals surface area (Å²) in [6.07, 6.45) is 7.93. The summed E-state index contributed by atoms with van der Waals surface area (Å²) in [4.78, 5) is 4.33. The molecule has 17 heavy (non-hydrogen) atoms. The third-order valence-corrected chi connectivity index (χ3v) is 4.03. The Hall–Kier alpha value is -0.830. The van der Waals surface area contributed by atoms with Crippen LogP contribution < -0.4 is 5.32 Å². The molecule has 2 heterocycles. The van der Waals surface area contributed by atoms with Gasteiger partial charge in [0.25, 0.3) is 0 Å². The van der Waals surface area contributed by atoms with Crippen molar-refractivity contribution in [3.8, 4) is 0 Å². The third kappa shape index (κ3) is 3.09. The monoisotopic (exact) mass is 235 g/mol. The van der Waals surface area contributed by atoms with Crippen LogP contribution in [0.2, 0.25) is 0 Å². The minimum absolute atomic E-state index is 0.519. The molecule has 0 aromatic carbocycles. The Morgan fingerprint density at radius 2 is 2.24 bits per heavy atom. The predicted molar refractivity (Wildman–Crippen MR) is 70.8 cm³/mol. The Morgan fingerprint density at radius 1 is 1.41 bits per heavy atom. The van der Waals surface area contributed by atoms with E-state index < -0.39 is 0 Å². The topological polar surface area (TPSA) is 29.9 Å². The molecule has 0 spiro atoms. The number of piperidine rings is 1. The molecule has 2 atom stereocenters. The maximum absolute atomic E-state index is 4.33. The number of nitrogens with zero attached hydrogens (tertiary/aromatic N) is 2. The van der Waals surface area contributed by atoms with Crippen LogP contribution >= 0.6 is 0 Å². The highest BCUT2D eigenvalue weighted by molar-refractivity contribution is 5.06. The van der Waals surface area contributed by atoms with E-state index in [2.05, 4.69) is 35.6 Å². The van der Waals surface area contributed by atoms with Gasteiger partial charge in [0, 0.05) is 18.8 Å². The summed E-state index contributed by atoms with van der Waals surface area (Å²) in [7, 11) is 0. The van der Waals surface area contributed by atoms with Gasteiger partial charge in [-0.2, -0.15) is 0 Å². The lowest BCUT2D eigenvalue weighted by molar-refractivity contribution is 0.340. The molecule has 0 saturated carbocycles. The van der Waals surface area contributed by atoms with Crippen LogP contribution in [0.1, 0.15) is 51.8 Å². The molecule has 2 rings (SSSR count). The van der Waals surface area contributed by atoms with Crippen LogP contribution in [-0.4, -0.2) is 16.1 Å². The van der Waals surface area contributed by atoms with Gasteiger partial charge in [-0.1, -0.05) is 27.2 Å². The maximum atomic E-state index is 4.33. The van der Waals surface area contributed by atoms with Gasteiger partial charge in [0.2, 0.25) is 0 Å². The summed E-state index contributed by atoms with van der Waals surface area (Å²) < 4.78 is 2.34. The highest BCUT2D eigenvalue weighted by Crippen LogP contribution is 2.24. The van der Waals surface area contributed by atoms with Crippen molar-refractivity contribution in [1.82, 2.24) is 14.9 Å². The Balaban J connectivity index is 2.05. The standard InChI is InChI=1S/C14H25N3/c1-11(2)12(3)9-17-10-15-8-14(17)13-6-4-5-7-16-13/h8,10-13,16H,4-7,9H2,1-3H3. The molecule has 1 aliphatic rings. The Labute approximate surface area is 105 Å². The second-order valence-corrected chi connectivity index (χ2v) is 5.69. The highest BCUT2D eigenvalue weighted by atomic mass is 15.1. The average Bonchev–Trinajstić information content (AvgIpc) is 2.78. The largest absolute Gasteiger partial charge is 0.333 e. The van der Waals surface area contributed by atoms with Crippen molar-refractivity contribution in [2.75, 3.05) is 6.54 Å². The van der Waals surface area contributed by atoms with Crippen molar-refractivity contribution in [3.63, 3.8) is 0 Å². The van der Waals surface area contributed by atoms with Crippen molar-refractivity contribution < 1.29 is 0 Å². The van der Waals surface area contributed by atoms with Gasteiger partial charge in [0.05, 0.1) is 12.0 Å². The van der Waals surface area contributed by atoms with E-state index in [1.54, 1.807) is 0 Å². The normalized spacial score (nSPS) is 22.9. The van der Waals surface area contributed by atoms with Crippen molar-refractivity contribution in [2.24, 2.45) is 11.8 Å². The van der Waals surface area contributed by atoms with E-state index in [0.29, 0.717) is 12.0 Å². The highest BCUT2D eigenvalue weighted by Gasteiger charge is 2.19. The van der Waals surface area contributed by atoms with Gasteiger partial charge in [-0.3, -0.25) is 0 Å². The number of nitrogens with one attached hydrogen (secondary N) is 1. The molecule has 0 aliphatic carbocycles. The smallest absolute Gasteiger partial charge is 0.0948 e. The summed E-state index contributed by atoms with van der Waals surface area (Å²) in [5.41, 5.74) is 1.37. The van der Waals surface area contributed by atoms with Crippen LogP contribution in [0.5, 0.6) is 0 Å². The molecule has 1 aliphatic heterocycles. The quantitative estimate of drug-likeness (QED) is 0.869. The van der Waals surface area contributed by atoms with Gasteiger partial charge in [-0.15, -0.1) is 0 Å². The van der Waals surface area contributed by atoms with Crippen LogP contribution in [0.25, 0.3) is 0 Å². The summed E-state index contributed by atoms with van der Waals surface area (Å²) in [5, 5.41) is 3.60. The zero-order valence-electron chi connectivity index (χ0n) is 11.3. The summed E-state index contributed by atoms with van der Waals surface area (Å²) in [6.45, 7) is 9.14. The van der Waals surface area contributed by atoms with Gasteiger partial charge in [0.15, 0.2) is 0 Å². The first kappa shape index (κ1) is 12.6. The van der Waals surface area contributed by atoms with Crippen LogP contribution in [0, 0.1) is 11.8 Å². The number of hydrogen-bond acceptors (Lipinski definition) is 2. The molecule has 1 fully saturated rings. The summed E-state index contributed by atoms with van der Waals surface area (Å²) in [6, 6.07) is 0.519. The lowest BCUT2D eigenvalue weighted by atomic mass is 9.97. The number of hydrogen-bond donors (Lipinski definition) is 1. The number of rotatable bonds is 4. The molecule has 1 saturated heterocycles. The van der Waals surface area contributed by atoms with Crippen molar-refractivity contribution in [3.05, 3.63) is 18.2 Å². The SMILES string of the molecule is CC(C)C(C)Cn1cncc1C1CCCCN1. The van der Waals surface area contributed by atoms with Crippen LogP contribution in [-0.2, 0) is 6.54 Å². The second-order valence-electron chi connectivity index (χ2n) is 5.69. The van der Waals surface area contributed by atoms with Crippen LogP contribution in [0.4, 0.5) is 0 Å². The Bertz CT molecular complexity index is 337. The molecule has 0 radical (unpaired) electrons. The molecular formula is C14H25N3. The lowest BCUT2D eigenvalue weighted by Crippen LogP contribution is -2.29. The van der Waals surface area contributed by atoms with E-state index in [9.17, 15) is 0 Å². The van der Waals surface area contributed by atoms with Crippen LogP contribution in [0.3, 0.4) is 0 Å². The fourth-order valence-electron chi connectivity index (χ4n) is 2.40. The minimum Gasteiger partial charge on any atom is -0.333 e. The molecular weight excluding hydrogens is 210 g/mol. The minimum atomic E-state index is 0.519. The van der Waals surface area contributed by atoms with Crippen molar-refractivity contribution in [2.45, 2.75) is 52.6 Å². The molecule has 0 amide bonds. The van der Waals surface area contributed by atoms with E-state index in [1.807, 2.05) is 12.5 Å². The first-order valence-electron chi connectivity index (χ1n) is 6.92. The molecule has 0 bridgehead atoms. The molecule has 3 heteroatoms. The van der Waals surface area contributed by atoms with Crippen molar-refractivity contribution >= 4 is 0 Å². The van der Waals surface area contributed by atoms with Gasteiger partial charge < -0.3 is 9.88 Å². The zero-order chi connectivity index (χ0) is 12.3. The second kappa shape index (κ2) is 5.67. The van der Waals surface area contributed by atoms with E-state index in [-0.39, 0.29) is 0 Å². The predicted octanol–water partition coefficient (Wildman–Crippen LogP) is 2.99. The zero-order valence-corrected chi connectivity index (χ0v) is 11.3. The summed E-state index contributed by atoms with van der Waals surface area (Å²) in [5.74, 6) is 1.43. The van der Waals surface area contributed by atoms with Gasteiger partial charge in [-0.25, -0.2) is 4.98 Å². The third-order valence-electron chi connectivity index (χ3n) is 4.03. The first-order valence-corrected chi connectivity index (χ1v) is 6.92. The van der Waals surface area contributed by atoms with Crippen molar-refractivity contribution in [1.29, 1.82) is 0 Å². The van der Waals surface area contributed by atoms with Gasteiger partial charge in [0.1, 0.15) is 0 Å². The molecule has 3 nitrogen and oxygen atoms in total. The van der Waals surface area contributed by atoms with E-state index in [0.717, 1.165) is 19.0 Å². The van der Waals surface area contributed by atoms with Gasteiger partial charge in [-0.05, 0) is 31.2 Å². The molecule has 1 N–H and O–H groups in total. The molecule has 96 valence electrons. The van der Waals surface area contributed by atoms with E-state index in [1.165, 1.54) is 25.0 Å².